The predicted molar refractivity (Wildman–Crippen MR) is 64.8 cm³/mol. The standard InChI is InChI=1S/C9H14N8O/c1-10-6-12-7(16(2)3)14-9(13-6)18-8-11-5-17(4)15-8/h5H,1-4H3,(H,10,12,13,14). The van der Waals surface area contributed by atoms with E-state index in [2.05, 4.69) is 30.4 Å². The maximum Gasteiger partial charge on any atom is 0.343 e. The smallest absolute Gasteiger partial charge is 0.343 e. The Morgan fingerprint density at radius 2 is 2.00 bits per heavy atom. The first kappa shape index (κ1) is 12.0. The van der Waals surface area contributed by atoms with Gasteiger partial charge in [0, 0.05) is 28.2 Å². The van der Waals surface area contributed by atoms with Gasteiger partial charge in [0.15, 0.2) is 0 Å². The summed E-state index contributed by atoms with van der Waals surface area (Å²) in [5.74, 6) is 0.903. The predicted octanol–water partition coefficient (Wildman–Crippen LogP) is -0.0999. The van der Waals surface area contributed by atoms with Gasteiger partial charge in [-0.1, -0.05) is 0 Å². The van der Waals surface area contributed by atoms with Crippen molar-refractivity contribution in [2.45, 2.75) is 0 Å². The van der Waals surface area contributed by atoms with Crippen LogP contribution in [0.5, 0.6) is 12.0 Å². The van der Waals surface area contributed by atoms with Crippen LogP contribution in [0, 0.1) is 0 Å². The van der Waals surface area contributed by atoms with Crippen LogP contribution >= 0.6 is 0 Å². The van der Waals surface area contributed by atoms with Crippen LogP contribution in [-0.2, 0) is 7.05 Å². The maximum atomic E-state index is 5.36. The molecule has 18 heavy (non-hydrogen) atoms. The molecule has 1 N–H and O–H groups in total. The topological polar surface area (TPSA) is 93.9 Å². The summed E-state index contributed by atoms with van der Waals surface area (Å²) in [7, 11) is 7.13. The summed E-state index contributed by atoms with van der Waals surface area (Å²) in [6, 6.07) is 0.333. The highest BCUT2D eigenvalue weighted by atomic mass is 16.5. The molecule has 0 aliphatic rings. The fraction of sp³-hybridized carbons (Fsp3) is 0.444. The van der Waals surface area contributed by atoms with Gasteiger partial charge in [-0.3, -0.25) is 4.68 Å². The van der Waals surface area contributed by atoms with Crippen LogP contribution in [0.2, 0.25) is 0 Å². The van der Waals surface area contributed by atoms with E-state index in [1.165, 1.54) is 11.0 Å². The van der Waals surface area contributed by atoms with Gasteiger partial charge in [0.1, 0.15) is 6.33 Å². The Labute approximate surface area is 104 Å². The molecule has 0 amide bonds. The van der Waals surface area contributed by atoms with Gasteiger partial charge >= 0.3 is 12.0 Å². The lowest BCUT2D eigenvalue weighted by Gasteiger charge is -2.11. The summed E-state index contributed by atoms with van der Waals surface area (Å²) in [6.45, 7) is 0. The molecule has 0 aliphatic carbocycles. The first-order chi connectivity index (χ1) is 8.58. The Hall–Kier alpha value is -2.45. The van der Waals surface area contributed by atoms with Crippen molar-refractivity contribution < 1.29 is 4.74 Å². The van der Waals surface area contributed by atoms with E-state index in [0.717, 1.165) is 0 Å². The molecule has 2 heterocycles. The normalized spacial score (nSPS) is 10.2. The molecule has 96 valence electrons. The molecule has 0 aromatic carbocycles. The fourth-order valence-corrected chi connectivity index (χ4v) is 1.15. The van der Waals surface area contributed by atoms with Gasteiger partial charge in [0.25, 0.3) is 0 Å². The third-order valence-electron chi connectivity index (χ3n) is 1.99. The lowest BCUT2D eigenvalue weighted by atomic mass is 10.7. The van der Waals surface area contributed by atoms with Gasteiger partial charge in [-0.05, 0) is 0 Å². The molecule has 0 saturated heterocycles. The average molecular weight is 250 g/mol. The number of ether oxygens (including phenoxy) is 1. The van der Waals surface area contributed by atoms with Crippen LogP contribution in [-0.4, -0.2) is 50.9 Å². The van der Waals surface area contributed by atoms with Gasteiger partial charge < -0.3 is 15.0 Å². The Kier molecular flexibility index (Phi) is 3.22. The minimum atomic E-state index is 0.143. The molecular weight excluding hydrogens is 236 g/mol. The molecule has 0 saturated carbocycles. The molecule has 0 unspecified atom stereocenters. The molecule has 9 nitrogen and oxygen atoms in total. The van der Waals surface area contributed by atoms with E-state index in [4.69, 9.17) is 4.74 Å². The molecular formula is C9H14N8O. The van der Waals surface area contributed by atoms with Crippen molar-refractivity contribution in [3.8, 4) is 12.0 Å². The van der Waals surface area contributed by atoms with Crippen LogP contribution in [0.15, 0.2) is 6.33 Å². The Balaban J connectivity index is 2.29. The first-order valence-electron chi connectivity index (χ1n) is 5.23. The number of rotatable bonds is 4. The zero-order valence-electron chi connectivity index (χ0n) is 10.6. The van der Waals surface area contributed by atoms with E-state index >= 15 is 0 Å². The highest BCUT2D eigenvalue weighted by Crippen LogP contribution is 2.16. The van der Waals surface area contributed by atoms with Crippen molar-refractivity contribution >= 4 is 11.9 Å². The summed E-state index contributed by atoms with van der Waals surface area (Å²) in [4.78, 5) is 18.1. The maximum absolute atomic E-state index is 5.36. The molecule has 2 rings (SSSR count). The minimum absolute atomic E-state index is 0.143. The molecule has 0 bridgehead atoms. The molecule has 0 spiro atoms. The van der Waals surface area contributed by atoms with E-state index in [-0.39, 0.29) is 12.0 Å². The number of hydrogen-bond acceptors (Lipinski definition) is 8. The van der Waals surface area contributed by atoms with Gasteiger partial charge in [-0.25, -0.2) is 0 Å². The van der Waals surface area contributed by atoms with Crippen molar-refractivity contribution in [1.82, 2.24) is 29.7 Å². The largest absolute Gasteiger partial charge is 0.387 e. The molecule has 0 radical (unpaired) electrons. The SMILES string of the molecule is CNc1nc(Oc2ncn(C)n2)nc(N(C)C)n1. The molecule has 0 fully saturated rings. The van der Waals surface area contributed by atoms with Gasteiger partial charge in [0.2, 0.25) is 11.9 Å². The summed E-state index contributed by atoms with van der Waals surface area (Å²) >= 11 is 0. The quantitative estimate of drug-likeness (QED) is 0.804. The van der Waals surface area contributed by atoms with E-state index in [1.54, 1.807) is 19.0 Å². The zero-order valence-corrected chi connectivity index (χ0v) is 10.6. The van der Waals surface area contributed by atoms with Gasteiger partial charge in [0.05, 0.1) is 0 Å². The van der Waals surface area contributed by atoms with Crippen LogP contribution in [0.3, 0.4) is 0 Å². The van der Waals surface area contributed by atoms with E-state index in [1.807, 2.05) is 14.1 Å². The highest BCUT2D eigenvalue weighted by Gasteiger charge is 2.10. The fourth-order valence-electron chi connectivity index (χ4n) is 1.15. The van der Waals surface area contributed by atoms with Gasteiger partial charge in [-0.2, -0.15) is 19.9 Å². The van der Waals surface area contributed by atoms with Crippen molar-refractivity contribution in [1.29, 1.82) is 0 Å². The number of anilines is 2. The van der Waals surface area contributed by atoms with E-state index in [0.29, 0.717) is 11.9 Å². The third kappa shape index (κ3) is 2.62. The molecule has 2 aromatic rings. The second-order valence-corrected chi connectivity index (χ2v) is 3.69. The lowest BCUT2D eigenvalue weighted by Crippen LogP contribution is -2.15. The van der Waals surface area contributed by atoms with E-state index < -0.39 is 0 Å². The van der Waals surface area contributed by atoms with Crippen molar-refractivity contribution in [3.05, 3.63) is 6.33 Å². The summed E-state index contributed by atoms with van der Waals surface area (Å²) in [5, 5.41) is 6.82. The second-order valence-electron chi connectivity index (χ2n) is 3.69. The van der Waals surface area contributed by atoms with Crippen molar-refractivity contribution in [2.24, 2.45) is 7.05 Å². The van der Waals surface area contributed by atoms with Crippen LogP contribution in [0.25, 0.3) is 0 Å². The Morgan fingerprint density at radius 1 is 1.22 bits per heavy atom. The van der Waals surface area contributed by atoms with Crippen LogP contribution in [0.4, 0.5) is 11.9 Å². The highest BCUT2D eigenvalue weighted by molar-refractivity contribution is 5.36. The molecule has 0 aliphatic heterocycles. The zero-order chi connectivity index (χ0) is 13.1. The van der Waals surface area contributed by atoms with Crippen molar-refractivity contribution in [3.63, 3.8) is 0 Å². The monoisotopic (exact) mass is 250 g/mol. The number of nitrogens with zero attached hydrogens (tertiary/aromatic N) is 7. The minimum Gasteiger partial charge on any atom is -0.387 e. The first-order valence-corrected chi connectivity index (χ1v) is 5.23. The summed E-state index contributed by atoms with van der Waals surface area (Å²) in [5.41, 5.74) is 0. The molecule has 0 atom stereocenters. The number of hydrogen-bond donors (Lipinski definition) is 1. The number of aryl methyl sites for hydroxylation is 1. The number of nitrogens with one attached hydrogen (secondary N) is 1. The summed E-state index contributed by atoms with van der Waals surface area (Å²) in [6.07, 6.45) is 1.53. The number of aromatic nitrogens is 6. The molecule has 9 heteroatoms. The average Bonchev–Trinajstić information content (AvgIpc) is 2.74. The second kappa shape index (κ2) is 4.82. The summed E-state index contributed by atoms with van der Waals surface area (Å²) < 4.78 is 6.89. The van der Waals surface area contributed by atoms with E-state index in [9.17, 15) is 0 Å². The molecule has 2 aromatic heterocycles. The Morgan fingerprint density at radius 3 is 2.56 bits per heavy atom. The van der Waals surface area contributed by atoms with Gasteiger partial charge in [-0.15, -0.1) is 5.10 Å². The van der Waals surface area contributed by atoms with Crippen molar-refractivity contribution in [2.75, 3.05) is 31.4 Å². The lowest BCUT2D eigenvalue weighted by molar-refractivity contribution is 0.404. The Bertz CT molecular complexity index is 537. The van der Waals surface area contributed by atoms with Crippen LogP contribution in [0.1, 0.15) is 0 Å². The third-order valence-corrected chi connectivity index (χ3v) is 1.99. The van der Waals surface area contributed by atoms with Crippen LogP contribution < -0.4 is 15.0 Å².